The average molecular weight is 328 g/mol. The zero-order valence-electron chi connectivity index (χ0n) is 15.0. The highest BCUT2D eigenvalue weighted by Crippen LogP contribution is 2.64. The molecule has 0 radical (unpaired) electrons. The summed E-state index contributed by atoms with van der Waals surface area (Å²) >= 11 is 0. The van der Waals surface area contributed by atoms with Crippen LogP contribution in [0, 0.1) is 22.7 Å². The van der Waals surface area contributed by atoms with Crippen LogP contribution in [0.4, 0.5) is 0 Å². The maximum atomic E-state index is 11.2. The summed E-state index contributed by atoms with van der Waals surface area (Å²) in [5, 5.41) is 21.1. The molecular weight excluding hydrogens is 300 g/mol. The molecule has 4 rings (SSSR count). The van der Waals surface area contributed by atoms with E-state index in [1.54, 1.807) is 6.07 Å². The van der Waals surface area contributed by atoms with Gasteiger partial charge < -0.3 is 14.9 Å². The number of benzene rings is 1. The van der Waals surface area contributed by atoms with E-state index >= 15 is 0 Å². The molecule has 3 nitrogen and oxygen atoms in total. The van der Waals surface area contributed by atoms with Gasteiger partial charge in [0.2, 0.25) is 0 Å². The molecule has 24 heavy (non-hydrogen) atoms. The highest BCUT2D eigenvalue weighted by atomic mass is 16.5. The van der Waals surface area contributed by atoms with Crippen LogP contribution in [0.1, 0.15) is 46.1 Å². The average Bonchev–Trinajstić information content (AvgIpc) is 2.63. The molecule has 3 heteroatoms. The Kier molecular flexibility index (Phi) is 3.19. The number of aliphatic hydroxyl groups is 1. The topological polar surface area (TPSA) is 49.7 Å². The van der Waals surface area contributed by atoms with E-state index in [0.29, 0.717) is 11.7 Å². The van der Waals surface area contributed by atoms with Gasteiger partial charge >= 0.3 is 0 Å². The fourth-order valence-corrected chi connectivity index (χ4v) is 5.69. The van der Waals surface area contributed by atoms with Gasteiger partial charge in [-0.15, -0.1) is 0 Å². The molecule has 1 heterocycles. The summed E-state index contributed by atoms with van der Waals surface area (Å²) < 4.78 is 6.42. The van der Waals surface area contributed by atoms with Crippen LogP contribution in [0.5, 0.6) is 11.5 Å². The fourth-order valence-electron chi connectivity index (χ4n) is 5.69. The lowest BCUT2D eigenvalue weighted by molar-refractivity contribution is -0.171. The number of fused-ring (bicyclic) bond motifs is 1. The van der Waals surface area contributed by atoms with Crippen molar-refractivity contribution >= 4 is 0 Å². The molecule has 1 aliphatic heterocycles. The fraction of sp³-hybridized carbons (Fsp3) is 0.619. The van der Waals surface area contributed by atoms with Crippen molar-refractivity contribution in [3.8, 4) is 11.5 Å². The van der Waals surface area contributed by atoms with Crippen molar-refractivity contribution in [2.24, 2.45) is 22.7 Å². The Labute approximate surface area is 144 Å². The molecule has 1 fully saturated rings. The van der Waals surface area contributed by atoms with Crippen LogP contribution in [-0.4, -0.2) is 21.9 Å². The summed E-state index contributed by atoms with van der Waals surface area (Å²) in [6, 6.07) is 5.42. The van der Waals surface area contributed by atoms with E-state index in [9.17, 15) is 10.2 Å². The summed E-state index contributed by atoms with van der Waals surface area (Å²) in [6.07, 6.45) is 6.95. The smallest absolute Gasteiger partial charge is 0.123 e. The molecule has 1 saturated carbocycles. The van der Waals surface area contributed by atoms with E-state index in [1.807, 2.05) is 25.1 Å². The summed E-state index contributed by atoms with van der Waals surface area (Å²) in [7, 11) is 0. The third-order valence-electron chi connectivity index (χ3n) is 7.59. The van der Waals surface area contributed by atoms with Gasteiger partial charge in [-0.05, 0) is 67.4 Å². The SMILES string of the molecule is C[C@H]1CC[C@@]2(C)[C@H]3[C@H](C=C[C@@]2(C)O)Oc2ccc(O)cc2C[C@]13C. The molecule has 1 aromatic rings. The first kappa shape index (κ1) is 16.0. The largest absolute Gasteiger partial charge is 0.508 e. The Morgan fingerprint density at radius 1 is 1.21 bits per heavy atom. The molecule has 0 amide bonds. The quantitative estimate of drug-likeness (QED) is 0.706. The van der Waals surface area contributed by atoms with Gasteiger partial charge in [0, 0.05) is 11.3 Å². The standard InChI is InChI=1S/C21H28O3/c1-13-7-9-20(3)18-17(8-10-21(20,4)23)24-16-6-5-15(22)11-14(16)12-19(13,18)2/h5-6,8,10-11,13,17-18,22-23H,7,9,12H2,1-4H3/t13-,17-,18-,19+,20-,21+/m0/s1. The van der Waals surface area contributed by atoms with Crippen molar-refractivity contribution in [3.05, 3.63) is 35.9 Å². The summed E-state index contributed by atoms with van der Waals surface area (Å²) in [5.74, 6) is 1.94. The van der Waals surface area contributed by atoms with Gasteiger partial charge in [-0.1, -0.05) is 26.8 Å². The number of ether oxygens (including phenoxy) is 1. The van der Waals surface area contributed by atoms with E-state index in [2.05, 4.69) is 26.8 Å². The van der Waals surface area contributed by atoms with Gasteiger partial charge in [0.1, 0.15) is 17.6 Å². The lowest BCUT2D eigenvalue weighted by Gasteiger charge is -2.61. The number of hydrogen-bond acceptors (Lipinski definition) is 3. The molecule has 2 N–H and O–H groups in total. The Bertz CT molecular complexity index is 707. The third-order valence-corrected chi connectivity index (χ3v) is 7.59. The van der Waals surface area contributed by atoms with E-state index in [0.717, 1.165) is 30.6 Å². The van der Waals surface area contributed by atoms with Crippen molar-refractivity contribution in [2.45, 2.75) is 58.7 Å². The van der Waals surface area contributed by atoms with Crippen LogP contribution in [0.15, 0.2) is 30.4 Å². The van der Waals surface area contributed by atoms with Gasteiger partial charge in [-0.25, -0.2) is 0 Å². The first-order chi connectivity index (χ1) is 11.2. The molecular formula is C21H28O3. The summed E-state index contributed by atoms with van der Waals surface area (Å²) in [5.41, 5.74) is 0.0666. The molecule has 1 aromatic carbocycles. The molecule has 130 valence electrons. The molecule has 0 saturated heterocycles. The number of hydrogen-bond donors (Lipinski definition) is 2. The second-order valence-corrected chi connectivity index (χ2v) is 8.90. The molecule has 6 atom stereocenters. The lowest BCUT2D eigenvalue weighted by atomic mass is 9.44. The van der Waals surface area contributed by atoms with Crippen molar-refractivity contribution < 1.29 is 14.9 Å². The number of phenolic OH excluding ortho intramolecular Hbond substituents is 1. The predicted octanol–water partition coefficient (Wildman–Crippen LogP) is 4.08. The minimum Gasteiger partial charge on any atom is -0.508 e. The second kappa shape index (κ2) is 4.78. The van der Waals surface area contributed by atoms with E-state index in [-0.39, 0.29) is 22.9 Å². The molecule has 0 aromatic heterocycles. The van der Waals surface area contributed by atoms with Crippen molar-refractivity contribution in [3.63, 3.8) is 0 Å². The number of rotatable bonds is 0. The Balaban J connectivity index is 1.92. The molecule has 0 bridgehead atoms. The molecule has 0 spiro atoms. The lowest BCUT2D eigenvalue weighted by Crippen LogP contribution is -2.63. The van der Waals surface area contributed by atoms with Gasteiger partial charge in [0.25, 0.3) is 0 Å². The van der Waals surface area contributed by atoms with Crippen LogP contribution in [-0.2, 0) is 6.42 Å². The Hall–Kier alpha value is -1.48. The van der Waals surface area contributed by atoms with Gasteiger partial charge in [-0.3, -0.25) is 0 Å². The molecule has 2 aliphatic carbocycles. The zero-order chi connectivity index (χ0) is 17.3. The van der Waals surface area contributed by atoms with Crippen LogP contribution in [0.2, 0.25) is 0 Å². The number of phenols is 1. The second-order valence-electron chi connectivity index (χ2n) is 8.90. The number of aromatic hydroxyl groups is 1. The van der Waals surface area contributed by atoms with Gasteiger partial charge in [-0.2, -0.15) is 0 Å². The first-order valence-corrected chi connectivity index (χ1v) is 9.08. The minimum absolute atomic E-state index is 0.0193. The van der Waals surface area contributed by atoms with E-state index in [4.69, 9.17) is 4.74 Å². The highest BCUT2D eigenvalue weighted by Gasteiger charge is 2.63. The van der Waals surface area contributed by atoms with Crippen LogP contribution < -0.4 is 4.74 Å². The van der Waals surface area contributed by atoms with E-state index < -0.39 is 5.60 Å². The normalized spacial score (nSPS) is 46.5. The first-order valence-electron chi connectivity index (χ1n) is 9.08. The van der Waals surface area contributed by atoms with Crippen LogP contribution in [0.3, 0.4) is 0 Å². The van der Waals surface area contributed by atoms with E-state index in [1.165, 1.54) is 0 Å². The zero-order valence-corrected chi connectivity index (χ0v) is 15.0. The summed E-state index contributed by atoms with van der Waals surface area (Å²) in [6.45, 7) is 8.86. The van der Waals surface area contributed by atoms with Crippen molar-refractivity contribution in [1.82, 2.24) is 0 Å². The maximum absolute atomic E-state index is 11.2. The maximum Gasteiger partial charge on any atom is 0.123 e. The molecule has 0 unspecified atom stereocenters. The highest BCUT2D eigenvalue weighted by molar-refractivity contribution is 5.43. The third kappa shape index (κ3) is 1.94. The van der Waals surface area contributed by atoms with Gasteiger partial charge in [0.15, 0.2) is 0 Å². The van der Waals surface area contributed by atoms with Crippen LogP contribution in [0.25, 0.3) is 0 Å². The minimum atomic E-state index is -0.822. The van der Waals surface area contributed by atoms with Crippen LogP contribution >= 0.6 is 0 Å². The predicted molar refractivity (Wildman–Crippen MR) is 94.1 cm³/mol. The monoisotopic (exact) mass is 328 g/mol. The summed E-state index contributed by atoms with van der Waals surface area (Å²) in [4.78, 5) is 0. The van der Waals surface area contributed by atoms with Gasteiger partial charge in [0.05, 0.1) is 5.60 Å². The molecule has 3 aliphatic rings. The Morgan fingerprint density at radius 3 is 2.71 bits per heavy atom. The van der Waals surface area contributed by atoms with Crippen molar-refractivity contribution in [2.75, 3.05) is 0 Å². The van der Waals surface area contributed by atoms with Crippen molar-refractivity contribution in [1.29, 1.82) is 0 Å². The Morgan fingerprint density at radius 2 is 1.96 bits per heavy atom.